The van der Waals surface area contributed by atoms with Gasteiger partial charge in [0.05, 0.1) is 34.1 Å². The maximum absolute atomic E-state index is 12.1. The van der Waals surface area contributed by atoms with Crippen LogP contribution < -0.4 is 0 Å². The number of morpholine rings is 1. The molecule has 2 aromatic rings. The van der Waals surface area contributed by atoms with Crippen molar-refractivity contribution in [3.63, 3.8) is 0 Å². The highest BCUT2D eigenvalue weighted by molar-refractivity contribution is 8.01. The maximum Gasteiger partial charge on any atom is 0.270 e. The second-order valence-electron chi connectivity index (χ2n) is 4.67. The number of hydrogen-bond acceptors (Lipinski definition) is 7. The first kappa shape index (κ1) is 15.2. The summed E-state index contributed by atoms with van der Waals surface area (Å²) in [7, 11) is 0. The molecule has 1 aliphatic heterocycles. The smallest absolute Gasteiger partial charge is 0.270 e. The number of benzene rings is 1. The topological polar surface area (TPSA) is 85.6 Å². The highest BCUT2D eigenvalue weighted by Crippen LogP contribution is 2.31. The molecule has 1 saturated heterocycles. The molecule has 0 saturated carbocycles. The van der Waals surface area contributed by atoms with Crippen molar-refractivity contribution in [1.82, 2.24) is 9.88 Å². The van der Waals surface area contributed by atoms with Gasteiger partial charge in [0.15, 0.2) is 4.34 Å². The van der Waals surface area contributed by atoms with Gasteiger partial charge in [-0.05, 0) is 6.07 Å². The number of carbonyl (C=O) groups excluding carboxylic acids is 1. The van der Waals surface area contributed by atoms with Crippen LogP contribution in [0.5, 0.6) is 0 Å². The molecule has 2 heterocycles. The summed E-state index contributed by atoms with van der Waals surface area (Å²) >= 11 is 2.74. The SMILES string of the molecule is O=C(CSc1nc2ccc([N+](=O)[O-])cc2s1)N1CCOCC1. The van der Waals surface area contributed by atoms with Gasteiger partial charge in [0.25, 0.3) is 5.69 Å². The first-order chi connectivity index (χ1) is 10.6. The Labute approximate surface area is 134 Å². The summed E-state index contributed by atoms with van der Waals surface area (Å²) in [5.74, 6) is 0.389. The number of carbonyl (C=O) groups is 1. The van der Waals surface area contributed by atoms with Gasteiger partial charge in [-0.2, -0.15) is 0 Å². The minimum Gasteiger partial charge on any atom is -0.378 e. The van der Waals surface area contributed by atoms with Crippen LogP contribution in [0.1, 0.15) is 0 Å². The van der Waals surface area contributed by atoms with Crippen LogP contribution >= 0.6 is 23.1 Å². The number of hydrogen-bond donors (Lipinski definition) is 0. The largest absolute Gasteiger partial charge is 0.378 e. The first-order valence-electron chi connectivity index (χ1n) is 6.67. The number of thioether (sulfide) groups is 1. The van der Waals surface area contributed by atoms with Gasteiger partial charge in [0.2, 0.25) is 5.91 Å². The van der Waals surface area contributed by atoms with Gasteiger partial charge >= 0.3 is 0 Å². The quantitative estimate of drug-likeness (QED) is 0.482. The van der Waals surface area contributed by atoms with E-state index in [2.05, 4.69) is 4.98 Å². The molecular weight excluding hydrogens is 326 g/mol. The number of ether oxygens (including phenoxy) is 1. The summed E-state index contributed by atoms with van der Waals surface area (Å²) in [5.41, 5.74) is 0.772. The zero-order valence-corrected chi connectivity index (χ0v) is 13.2. The lowest BCUT2D eigenvalue weighted by atomic mass is 10.3. The van der Waals surface area contributed by atoms with Gasteiger partial charge in [-0.25, -0.2) is 4.98 Å². The molecule has 3 rings (SSSR count). The number of nitrogens with zero attached hydrogens (tertiary/aromatic N) is 3. The van der Waals surface area contributed by atoms with Gasteiger partial charge in [-0.15, -0.1) is 11.3 Å². The highest BCUT2D eigenvalue weighted by Gasteiger charge is 2.18. The second-order valence-corrected chi connectivity index (χ2v) is 6.92. The Bertz CT molecular complexity index is 712. The van der Waals surface area contributed by atoms with Crippen LogP contribution in [-0.2, 0) is 9.53 Å². The van der Waals surface area contributed by atoms with Crippen molar-refractivity contribution in [2.75, 3.05) is 32.1 Å². The lowest BCUT2D eigenvalue weighted by Crippen LogP contribution is -2.41. The molecule has 0 aliphatic carbocycles. The Hall–Kier alpha value is -1.71. The van der Waals surface area contributed by atoms with Crippen LogP contribution in [0.3, 0.4) is 0 Å². The second kappa shape index (κ2) is 6.59. The summed E-state index contributed by atoms with van der Waals surface area (Å²) in [6, 6.07) is 4.59. The van der Waals surface area contributed by atoms with E-state index in [4.69, 9.17) is 4.74 Å². The van der Waals surface area contributed by atoms with Crippen LogP contribution in [0.2, 0.25) is 0 Å². The Morgan fingerprint density at radius 1 is 1.45 bits per heavy atom. The van der Waals surface area contributed by atoms with E-state index in [1.54, 1.807) is 11.0 Å². The third-order valence-electron chi connectivity index (χ3n) is 3.25. The van der Waals surface area contributed by atoms with Gasteiger partial charge in [-0.1, -0.05) is 11.8 Å². The molecule has 0 atom stereocenters. The number of thiazole rings is 1. The molecule has 9 heteroatoms. The van der Waals surface area contributed by atoms with E-state index in [-0.39, 0.29) is 11.6 Å². The Balaban J connectivity index is 1.66. The molecule has 0 spiro atoms. The van der Waals surface area contributed by atoms with Crippen LogP contribution in [-0.4, -0.2) is 52.8 Å². The summed E-state index contributed by atoms with van der Waals surface area (Å²) < 4.78 is 6.72. The fraction of sp³-hybridized carbons (Fsp3) is 0.385. The maximum atomic E-state index is 12.1. The van der Waals surface area contributed by atoms with E-state index in [0.29, 0.717) is 32.1 Å². The molecular formula is C13H13N3O4S2. The number of rotatable bonds is 4. The normalized spacial score (nSPS) is 15.2. The molecule has 1 aliphatic rings. The van der Waals surface area contributed by atoms with Gasteiger partial charge in [0.1, 0.15) is 0 Å². The van der Waals surface area contributed by atoms with Crippen molar-refractivity contribution in [1.29, 1.82) is 0 Å². The number of non-ortho nitro benzene ring substituents is 1. The number of fused-ring (bicyclic) bond motifs is 1. The van der Waals surface area contributed by atoms with E-state index >= 15 is 0 Å². The molecule has 1 aromatic carbocycles. The monoisotopic (exact) mass is 339 g/mol. The number of nitro groups is 1. The average molecular weight is 339 g/mol. The molecule has 1 aromatic heterocycles. The van der Waals surface area contributed by atoms with Crippen molar-refractivity contribution in [3.05, 3.63) is 28.3 Å². The Kier molecular flexibility index (Phi) is 4.55. The van der Waals surface area contributed by atoms with E-state index in [1.807, 2.05) is 0 Å². The zero-order valence-electron chi connectivity index (χ0n) is 11.6. The number of aromatic nitrogens is 1. The summed E-state index contributed by atoms with van der Waals surface area (Å²) in [6.45, 7) is 2.43. The average Bonchev–Trinajstić information content (AvgIpc) is 2.95. The van der Waals surface area contributed by atoms with E-state index in [1.165, 1.54) is 35.2 Å². The molecule has 116 valence electrons. The predicted octanol–water partition coefficient (Wildman–Crippen LogP) is 2.16. The minimum atomic E-state index is -0.423. The zero-order chi connectivity index (χ0) is 15.5. The van der Waals surface area contributed by atoms with Gasteiger partial charge < -0.3 is 9.64 Å². The number of nitro benzene ring substituents is 1. The van der Waals surface area contributed by atoms with Crippen LogP contribution in [0, 0.1) is 10.1 Å². The van der Waals surface area contributed by atoms with Gasteiger partial charge in [-0.3, -0.25) is 14.9 Å². The van der Waals surface area contributed by atoms with Crippen LogP contribution in [0.4, 0.5) is 5.69 Å². The lowest BCUT2D eigenvalue weighted by molar-refractivity contribution is -0.384. The molecule has 0 N–H and O–H groups in total. The number of amides is 1. The van der Waals surface area contributed by atoms with Crippen molar-refractivity contribution < 1.29 is 14.5 Å². The molecule has 0 radical (unpaired) electrons. The third kappa shape index (κ3) is 3.37. The molecule has 0 bridgehead atoms. The predicted molar refractivity (Wildman–Crippen MR) is 84.4 cm³/mol. The van der Waals surface area contributed by atoms with E-state index < -0.39 is 4.92 Å². The fourth-order valence-electron chi connectivity index (χ4n) is 2.09. The van der Waals surface area contributed by atoms with E-state index in [0.717, 1.165) is 14.6 Å². The third-order valence-corrected chi connectivity index (χ3v) is 5.39. The standard InChI is InChI=1S/C13H13N3O4S2/c17-12(15-3-5-20-6-4-15)8-21-13-14-10-2-1-9(16(18)19)7-11(10)22-13/h1-2,7H,3-6,8H2. The summed E-state index contributed by atoms with van der Waals surface area (Å²) in [5, 5.41) is 10.8. The molecule has 7 nitrogen and oxygen atoms in total. The minimum absolute atomic E-state index is 0.0529. The van der Waals surface area contributed by atoms with Gasteiger partial charge in [0, 0.05) is 25.2 Å². The highest BCUT2D eigenvalue weighted by atomic mass is 32.2. The molecule has 22 heavy (non-hydrogen) atoms. The van der Waals surface area contributed by atoms with Crippen LogP contribution in [0.15, 0.2) is 22.5 Å². The molecule has 1 fully saturated rings. The summed E-state index contributed by atoms with van der Waals surface area (Å²) in [4.78, 5) is 28.6. The Morgan fingerprint density at radius 2 is 2.23 bits per heavy atom. The van der Waals surface area contributed by atoms with Crippen molar-refractivity contribution in [2.45, 2.75) is 4.34 Å². The first-order valence-corrected chi connectivity index (χ1v) is 8.47. The summed E-state index contributed by atoms with van der Waals surface area (Å²) in [6.07, 6.45) is 0. The van der Waals surface area contributed by atoms with Crippen LogP contribution in [0.25, 0.3) is 10.2 Å². The Morgan fingerprint density at radius 3 is 2.95 bits per heavy atom. The van der Waals surface area contributed by atoms with Crippen molar-refractivity contribution in [2.24, 2.45) is 0 Å². The van der Waals surface area contributed by atoms with Crippen molar-refractivity contribution in [3.8, 4) is 0 Å². The fourth-order valence-corrected chi connectivity index (χ4v) is 4.10. The van der Waals surface area contributed by atoms with E-state index in [9.17, 15) is 14.9 Å². The molecule has 1 amide bonds. The van der Waals surface area contributed by atoms with Crippen molar-refractivity contribution >= 4 is 44.9 Å². The lowest BCUT2D eigenvalue weighted by Gasteiger charge is -2.26. The molecule has 0 unspecified atom stereocenters.